The van der Waals surface area contributed by atoms with E-state index in [1.807, 2.05) is 4.90 Å². The molecule has 0 aromatic heterocycles. The van der Waals surface area contributed by atoms with Crippen molar-refractivity contribution in [3.8, 4) is 0 Å². The normalized spacial score (nSPS) is 17.0. The summed E-state index contributed by atoms with van der Waals surface area (Å²) in [5, 5.41) is 2.93. The van der Waals surface area contributed by atoms with Gasteiger partial charge in [0, 0.05) is 30.8 Å². The average molecular weight is 316 g/mol. The van der Waals surface area contributed by atoms with Crippen LogP contribution in [0.25, 0.3) is 0 Å². The largest absolute Gasteiger partial charge is 0.352 e. The molecule has 0 fully saturated rings. The predicted molar refractivity (Wildman–Crippen MR) is 92.7 cm³/mol. The molecule has 1 aromatic rings. The average Bonchev–Trinajstić information content (AvgIpc) is 2.58. The van der Waals surface area contributed by atoms with Crippen LogP contribution >= 0.6 is 0 Å². The van der Waals surface area contributed by atoms with Gasteiger partial charge in [0.05, 0.1) is 0 Å². The first kappa shape index (κ1) is 17.5. The van der Waals surface area contributed by atoms with Crippen molar-refractivity contribution < 1.29 is 9.59 Å². The number of amides is 2. The monoisotopic (exact) mass is 316 g/mol. The fourth-order valence-corrected chi connectivity index (χ4v) is 2.90. The first-order valence-corrected chi connectivity index (χ1v) is 8.90. The quantitative estimate of drug-likeness (QED) is 0.863. The second kappa shape index (κ2) is 9.33. The van der Waals surface area contributed by atoms with Crippen molar-refractivity contribution in [3.05, 3.63) is 35.4 Å². The lowest BCUT2D eigenvalue weighted by Crippen LogP contribution is -2.33. The van der Waals surface area contributed by atoms with Gasteiger partial charge in [-0.05, 0) is 43.5 Å². The highest BCUT2D eigenvalue weighted by atomic mass is 16.2. The van der Waals surface area contributed by atoms with E-state index in [2.05, 4.69) is 12.2 Å². The van der Waals surface area contributed by atoms with E-state index in [1.54, 1.807) is 24.3 Å². The van der Waals surface area contributed by atoms with Gasteiger partial charge < -0.3 is 10.2 Å². The van der Waals surface area contributed by atoms with E-state index < -0.39 is 0 Å². The van der Waals surface area contributed by atoms with Crippen LogP contribution in [0.3, 0.4) is 0 Å². The maximum absolute atomic E-state index is 12.7. The van der Waals surface area contributed by atoms with Gasteiger partial charge in [0.2, 0.25) is 0 Å². The van der Waals surface area contributed by atoms with Crippen LogP contribution in [0.5, 0.6) is 0 Å². The van der Waals surface area contributed by atoms with E-state index in [0.29, 0.717) is 11.1 Å². The number of hydrogen-bond acceptors (Lipinski definition) is 2. The lowest BCUT2D eigenvalue weighted by molar-refractivity contribution is 0.0748. The fraction of sp³-hybridized carbons (Fsp3) is 0.579. The first-order chi connectivity index (χ1) is 11.2. The van der Waals surface area contributed by atoms with Crippen molar-refractivity contribution >= 4 is 11.8 Å². The summed E-state index contributed by atoms with van der Waals surface area (Å²) in [6.07, 6.45) is 7.59. The zero-order valence-electron chi connectivity index (χ0n) is 14.1. The maximum Gasteiger partial charge on any atom is 0.253 e. The Morgan fingerprint density at radius 1 is 0.957 bits per heavy atom. The molecule has 0 unspecified atom stereocenters. The number of unbranched alkanes of at least 4 members (excludes halogenated alkanes) is 2. The predicted octanol–water partition coefficient (Wildman–Crippen LogP) is 3.62. The highest BCUT2D eigenvalue weighted by Crippen LogP contribution is 2.12. The van der Waals surface area contributed by atoms with Gasteiger partial charge in [-0.3, -0.25) is 9.59 Å². The number of rotatable bonds is 4. The number of benzene rings is 1. The summed E-state index contributed by atoms with van der Waals surface area (Å²) in [6.45, 7) is 4.56. The number of nitrogens with zero attached hydrogens (tertiary/aromatic N) is 1. The van der Waals surface area contributed by atoms with Gasteiger partial charge in [0.25, 0.3) is 11.8 Å². The molecule has 1 aromatic carbocycles. The van der Waals surface area contributed by atoms with E-state index in [4.69, 9.17) is 0 Å². The number of fused-ring (bicyclic) bond motifs is 11. The summed E-state index contributed by atoms with van der Waals surface area (Å²) >= 11 is 0. The van der Waals surface area contributed by atoms with E-state index >= 15 is 0 Å². The SMILES string of the molecule is CCCCCN1CCCCCCNC(=O)c2ccc(cc2)C1=O. The second-order valence-corrected chi connectivity index (χ2v) is 6.25. The Morgan fingerprint density at radius 3 is 2.39 bits per heavy atom. The van der Waals surface area contributed by atoms with Crippen LogP contribution in [-0.2, 0) is 0 Å². The van der Waals surface area contributed by atoms with Gasteiger partial charge in [-0.2, -0.15) is 0 Å². The van der Waals surface area contributed by atoms with Gasteiger partial charge in [-0.25, -0.2) is 0 Å². The van der Waals surface area contributed by atoms with Gasteiger partial charge in [-0.15, -0.1) is 0 Å². The Kier molecular flexibility index (Phi) is 7.11. The number of carbonyl (C=O) groups is 2. The maximum atomic E-state index is 12.7. The molecule has 0 aliphatic carbocycles. The van der Waals surface area contributed by atoms with Crippen LogP contribution in [0.2, 0.25) is 0 Å². The van der Waals surface area contributed by atoms with Crippen LogP contribution in [0.4, 0.5) is 0 Å². The molecule has 23 heavy (non-hydrogen) atoms. The third-order valence-electron chi connectivity index (χ3n) is 4.35. The van der Waals surface area contributed by atoms with E-state index in [9.17, 15) is 9.59 Å². The van der Waals surface area contributed by atoms with E-state index in [0.717, 1.165) is 64.6 Å². The van der Waals surface area contributed by atoms with Gasteiger partial charge in [0.15, 0.2) is 0 Å². The van der Waals surface area contributed by atoms with Gasteiger partial charge in [-0.1, -0.05) is 32.6 Å². The zero-order valence-corrected chi connectivity index (χ0v) is 14.1. The molecule has 0 atom stereocenters. The van der Waals surface area contributed by atoms with Crippen molar-refractivity contribution in [1.82, 2.24) is 10.2 Å². The minimum atomic E-state index is -0.0548. The molecule has 2 amide bonds. The van der Waals surface area contributed by atoms with Crippen LogP contribution in [0.1, 0.15) is 72.6 Å². The minimum Gasteiger partial charge on any atom is -0.352 e. The molecule has 126 valence electrons. The van der Waals surface area contributed by atoms with Crippen LogP contribution in [0, 0.1) is 0 Å². The minimum absolute atomic E-state index is 0.0548. The summed E-state index contributed by atoms with van der Waals surface area (Å²) in [5.41, 5.74) is 1.30. The Morgan fingerprint density at radius 2 is 1.65 bits per heavy atom. The smallest absolute Gasteiger partial charge is 0.253 e. The summed E-state index contributed by atoms with van der Waals surface area (Å²) in [6, 6.07) is 7.04. The van der Waals surface area contributed by atoms with Crippen LogP contribution in [0.15, 0.2) is 24.3 Å². The van der Waals surface area contributed by atoms with Crippen molar-refractivity contribution in [2.45, 2.75) is 51.9 Å². The molecule has 1 N–H and O–H groups in total. The van der Waals surface area contributed by atoms with Gasteiger partial charge in [0.1, 0.15) is 0 Å². The Hall–Kier alpha value is -1.84. The van der Waals surface area contributed by atoms with Crippen LogP contribution in [-0.4, -0.2) is 36.3 Å². The zero-order chi connectivity index (χ0) is 16.5. The summed E-state index contributed by atoms with van der Waals surface area (Å²) in [5.74, 6) is 0.0333. The third kappa shape index (κ3) is 5.38. The Labute approximate surface area is 139 Å². The highest BCUT2D eigenvalue weighted by molar-refractivity contribution is 5.97. The van der Waals surface area contributed by atoms with E-state index in [-0.39, 0.29) is 11.8 Å². The molecule has 0 saturated carbocycles. The third-order valence-corrected chi connectivity index (χ3v) is 4.35. The topological polar surface area (TPSA) is 49.4 Å². The summed E-state index contributed by atoms with van der Waals surface area (Å²) < 4.78 is 0. The number of nitrogens with one attached hydrogen (secondary N) is 1. The second-order valence-electron chi connectivity index (χ2n) is 6.25. The van der Waals surface area contributed by atoms with E-state index in [1.165, 1.54) is 0 Å². The van der Waals surface area contributed by atoms with Crippen LogP contribution < -0.4 is 5.32 Å². The molecule has 3 rings (SSSR count). The van der Waals surface area contributed by atoms with Crippen molar-refractivity contribution in [3.63, 3.8) is 0 Å². The van der Waals surface area contributed by atoms with Crippen molar-refractivity contribution in [1.29, 1.82) is 0 Å². The molecule has 2 aliphatic heterocycles. The Balaban J connectivity index is 2.13. The lowest BCUT2D eigenvalue weighted by Gasteiger charge is -2.23. The molecule has 2 heterocycles. The number of carbonyl (C=O) groups excluding carboxylic acids is 2. The summed E-state index contributed by atoms with van der Waals surface area (Å²) in [4.78, 5) is 26.7. The van der Waals surface area contributed by atoms with Gasteiger partial charge >= 0.3 is 0 Å². The molecule has 4 heteroatoms. The van der Waals surface area contributed by atoms with Crippen molar-refractivity contribution in [2.75, 3.05) is 19.6 Å². The summed E-state index contributed by atoms with van der Waals surface area (Å²) in [7, 11) is 0. The molecular weight excluding hydrogens is 288 g/mol. The van der Waals surface area contributed by atoms with Crippen molar-refractivity contribution in [2.24, 2.45) is 0 Å². The first-order valence-electron chi connectivity index (χ1n) is 8.90. The number of hydrogen-bond donors (Lipinski definition) is 1. The molecule has 0 saturated heterocycles. The molecule has 2 aliphatic rings. The fourth-order valence-electron chi connectivity index (χ4n) is 2.90. The highest BCUT2D eigenvalue weighted by Gasteiger charge is 2.16. The molecule has 2 bridgehead atoms. The molecule has 4 nitrogen and oxygen atoms in total. The molecular formula is C19H28N2O2. The lowest BCUT2D eigenvalue weighted by atomic mass is 10.1. The Bertz CT molecular complexity index is 511. The molecule has 0 spiro atoms. The molecule has 0 radical (unpaired) electrons. The standard InChI is InChI=1S/C19H28N2O2/c1-2-3-7-14-21-15-8-5-4-6-13-20-18(22)16-9-11-17(12-10-16)19(21)23/h9-12H,2-8,13-15H2,1H3,(H,20,22).